The molecule has 128 valence electrons. The molecule has 1 N–H and O–H groups in total. The van der Waals surface area contributed by atoms with Crippen LogP contribution >= 0.6 is 11.8 Å². The molecule has 8 heteroatoms. The maximum Gasteiger partial charge on any atom is 0.217 e. The van der Waals surface area contributed by atoms with Crippen molar-refractivity contribution in [1.29, 1.82) is 0 Å². The Labute approximate surface area is 145 Å². The summed E-state index contributed by atoms with van der Waals surface area (Å²) in [5.74, 6) is 2.15. The van der Waals surface area contributed by atoms with Gasteiger partial charge in [0.05, 0.1) is 7.11 Å². The predicted molar refractivity (Wildman–Crippen MR) is 90.6 cm³/mol. The molecule has 2 aromatic heterocycles. The van der Waals surface area contributed by atoms with Crippen LogP contribution in [0.2, 0.25) is 0 Å². The summed E-state index contributed by atoms with van der Waals surface area (Å²) in [6.45, 7) is 4.04. The van der Waals surface area contributed by atoms with Crippen LogP contribution in [0.15, 0.2) is 16.4 Å². The second kappa shape index (κ2) is 6.68. The third-order valence-corrected chi connectivity index (χ3v) is 5.29. The van der Waals surface area contributed by atoms with Crippen molar-refractivity contribution >= 4 is 11.8 Å². The van der Waals surface area contributed by atoms with Crippen LogP contribution in [0.25, 0.3) is 0 Å². The second-order valence-electron chi connectivity index (χ2n) is 6.42. The highest BCUT2D eigenvalue weighted by Crippen LogP contribution is 2.41. The van der Waals surface area contributed by atoms with Crippen molar-refractivity contribution in [2.24, 2.45) is 0 Å². The first-order valence-electron chi connectivity index (χ1n) is 8.47. The van der Waals surface area contributed by atoms with Gasteiger partial charge in [-0.05, 0) is 50.9 Å². The highest BCUT2D eigenvalue weighted by Gasteiger charge is 2.33. The van der Waals surface area contributed by atoms with Gasteiger partial charge < -0.3 is 14.6 Å². The lowest BCUT2D eigenvalue weighted by Crippen LogP contribution is -2.30. The van der Waals surface area contributed by atoms with Gasteiger partial charge in [-0.1, -0.05) is 0 Å². The first kappa shape index (κ1) is 15.8. The Balaban J connectivity index is 1.63. The summed E-state index contributed by atoms with van der Waals surface area (Å²) in [5.41, 5.74) is 0.888. The van der Waals surface area contributed by atoms with Crippen molar-refractivity contribution in [3.8, 4) is 5.88 Å². The molecular weight excluding hydrogens is 324 g/mol. The summed E-state index contributed by atoms with van der Waals surface area (Å²) in [7, 11) is 1.62. The van der Waals surface area contributed by atoms with Crippen LogP contribution in [-0.4, -0.2) is 44.9 Å². The largest absolute Gasteiger partial charge is 0.481 e. The molecule has 0 radical (unpaired) electrons. The molecule has 0 spiro atoms. The maximum absolute atomic E-state index is 5.25. The fraction of sp³-hybridized carbons (Fsp3) is 0.625. The number of aryl methyl sites for hydroxylation is 1. The Morgan fingerprint density at radius 2 is 2.12 bits per heavy atom. The zero-order valence-corrected chi connectivity index (χ0v) is 14.8. The molecular formula is C16H22N6OS. The van der Waals surface area contributed by atoms with Gasteiger partial charge in [0.25, 0.3) is 0 Å². The molecule has 2 fully saturated rings. The van der Waals surface area contributed by atoms with Crippen LogP contribution in [0.3, 0.4) is 0 Å². The summed E-state index contributed by atoms with van der Waals surface area (Å²) < 4.78 is 7.57. The molecule has 24 heavy (non-hydrogen) atoms. The molecule has 2 aliphatic rings. The van der Waals surface area contributed by atoms with E-state index < -0.39 is 0 Å². The smallest absolute Gasteiger partial charge is 0.217 e. The van der Waals surface area contributed by atoms with Gasteiger partial charge in [0.15, 0.2) is 10.3 Å². The average Bonchev–Trinajstić information content (AvgIpc) is 3.36. The zero-order valence-electron chi connectivity index (χ0n) is 14.0. The van der Waals surface area contributed by atoms with Gasteiger partial charge in [0, 0.05) is 30.3 Å². The van der Waals surface area contributed by atoms with E-state index in [1.165, 1.54) is 37.4 Å². The van der Waals surface area contributed by atoms with Gasteiger partial charge in [-0.3, -0.25) is 0 Å². The SMILES string of the molecule is COc1cc(C)nc(Sc2nnc([C@H]3CCCNC3)n2C2CC2)n1. The highest BCUT2D eigenvalue weighted by atomic mass is 32.2. The number of aromatic nitrogens is 5. The fourth-order valence-corrected chi connectivity index (χ4v) is 4.04. The molecule has 1 atom stereocenters. The quantitative estimate of drug-likeness (QED) is 0.833. The van der Waals surface area contributed by atoms with Gasteiger partial charge in [-0.2, -0.15) is 4.98 Å². The van der Waals surface area contributed by atoms with Crippen LogP contribution in [0.5, 0.6) is 5.88 Å². The van der Waals surface area contributed by atoms with E-state index in [9.17, 15) is 0 Å². The fourth-order valence-electron chi connectivity index (χ4n) is 3.13. The zero-order chi connectivity index (χ0) is 16.5. The predicted octanol–water partition coefficient (Wildman–Crippen LogP) is 2.34. The van der Waals surface area contributed by atoms with Crippen molar-refractivity contribution < 1.29 is 4.74 Å². The monoisotopic (exact) mass is 346 g/mol. The van der Waals surface area contributed by atoms with Gasteiger partial charge >= 0.3 is 0 Å². The van der Waals surface area contributed by atoms with Gasteiger partial charge in [0.2, 0.25) is 5.88 Å². The summed E-state index contributed by atoms with van der Waals surface area (Å²) in [4.78, 5) is 8.92. The topological polar surface area (TPSA) is 77.8 Å². The van der Waals surface area contributed by atoms with E-state index in [2.05, 4.69) is 30.0 Å². The minimum atomic E-state index is 0.453. The summed E-state index contributed by atoms with van der Waals surface area (Å²) in [5, 5.41) is 14.0. The average molecular weight is 346 g/mol. The Kier molecular flexibility index (Phi) is 4.41. The molecule has 1 aliphatic carbocycles. The summed E-state index contributed by atoms with van der Waals surface area (Å²) >= 11 is 1.48. The van der Waals surface area contributed by atoms with E-state index >= 15 is 0 Å². The van der Waals surface area contributed by atoms with Crippen molar-refractivity contribution in [3.63, 3.8) is 0 Å². The van der Waals surface area contributed by atoms with E-state index in [4.69, 9.17) is 4.74 Å². The third-order valence-electron chi connectivity index (χ3n) is 4.47. The summed E-state index contributed by atoms with van der Waals surface area (Å²) in [6.07, 6.45) is 4.79. The number of nitrogens with zero attached hydrogens (tertiary/aromatic N) is 5. The van der Waals surface area contributed by atoms with Crippen LogP contribution < -0.4 is 10.1 Å². The van der Waals surface area contributed by atoms with Crippen LogP contribution in [0, 0.1) is 6.92 Å². The molecule has 1 saturated heterocycles. The Morgan fingerprint density at radius 1 is 1.25 bits per heavy atom. The molecule has 4 rings (SSSR count). The molecule has 1 saturated carbocycles. The number of hydrogen-bond acceptors (Lipinski definition) is 7. The van der Waals surface area contributed by atoms with Crippen LogP contribution in [-0.2, 0) is 0 Å². The third kappa shape index (κ3) is 3.25. The summed E-state index contributed by atoms with van der Waals surface area (Å²) in [6, 6.07) is 2.36. The Hall–Kier alpha value is -1.67. The number of piperidine rings is 1. The van der Waals surface area contributed by atoms with Gasteiger partial charge in [-0.25, -0.2) is 4.98 Å². The van der Waals surface area contributed by atoms with Crippen LogP contribution in [0.1, 0.15) is 49.2 Å². The van der Waals surface area contributed by atoms with E-state index in [-0.39, 0.29) is 0 Å². The van der Waals surface area contributed by atoms with Crippen molar-refractivity contribution in [2.75, 3.05) is 20.2 Å². The van der Waals surface area contributed by atoms with Crippen molar-refractivity contribution in [1.82, 2.24) is 30.0 Å². The first-order chi connectivity index (χ1) is 11.7. The molecule has 0 aromatic carbocycles. The highest BCUT2D eigenvalue weighted by molar-refractivity contribution is 7.99. The molecule has 0 amide bonds. The Bertz CT molecular complexity index is 723. The molecule has 0 bridgehead atoms. The number of ether oxygens (including phenoxy) is 1. The number of methoxy groups -OCH3 is 1. The molecule has 0 unspecified atom stereocenters. The van der Waals surface area contributed by atoms with E-state index in [0.29, 0.717) is 23.0 Å². The number of rotatable bonds is 5. The maximum atomic E-state index is 5.25. The van der Waals surface area contributed by atoms with E-state index in [1.54, 1.807) is 7.11 Å². The minimum absolute atomic E-state index is 0.453. The standard InChI is InChI=1S/C16H22N6OS/c1-10-8-13(23-2)19-15(18-10)24-16-21-20-14(22(16)12-5-6-12)11-4-3-7-17-9-11/h8,11-12,17H,3-7,9H2,1-2H3/t11-/m0/s1. The lowest BCUT2D eigenvalue weighted by molar-refractivity contribution is 0.391. The van der Waals surface area contributed by atoms with Gasteiger partial charge in [0.1, 0.15) is 5.82 Å². The lowest BCUT2D eigenvalue weighted by Gasteiger charge is -2.22. The van der Waals surface area contributed by atoms with Crippen molar-refractivity contribution in [3.05, 3.63) is 17.6 Å². The van der Waals surface area contributed by atoms with Crippen molar-refractivity contribution in [2.45, 2.75) is 54.9 Å². The normalized spacial score (nSPS) is 21.0. The first-order valence-corrected chi connectivity index (χ1v) is 9.29. The second-order valence-corrected chi connectivity index (χ2v) is 7.36. The van der Waals surface area contributed by atoms with Crippen LogP contribution in [0.4, 0.5) is 0 Å². The minimum Gasteiger partial charge on any atom is -0.481 e. The van der Waals surface area contributed by atoms with E-state index in [0.717, 1.165) is 29.8 Å². The molecule has 2 aromatic rings. The number of nitrogens with one attached hydrogen (secondary N) is 1. The molecule has 7 nitrogen and oxygen atoms in total. The van der Waals surface area contributed by atoms with Gasteiger partial charge in [-0.15, -0.1) is 10.2 Å². The van der Waals surface area contributed by atoms with E-state index in [1.807, 2.05) is 13.0 Å². The molecule has 3 heterocycles. The Morgan fingerprint density at radius 3 is 2.83 bits per heavy atom. The number of hydrogen-bond donors (Lipinski definition) is 1. The lowest BCUT2D eigenvalue weighted by atomic mass is 9.99. The molecule has 1 aliphatic heterocycles.